The Morgan fingerprint density at radius 1 is 1.74 bits per heavy atom. The molecule has 0 bridgehead atoms. The Bertz CT molecular complexity index is 452. The summed E-state index contributed by atoms with van der Waals surface area (Å²) in [5, 5.41) is 3.64. The average molecular weight is 283 g/mol. The van der Waals surface area contributed by atoms with Crippen molar-refractivity contribution in [1.82, 2.24) is 10.3 Å². The number of pyridine rings is 1. The van der Waals surface area contributed by atoms with Gasteiger partial charge in [0.2, 0.25) is 5.91 Å². The first-order valence-corrected chi connectivity index (χ1v) is 6.84. The summed E-state index contributed by atoms with van der Waals surface area (Å²) in [6.45, 7) is 3.41. The normalized spacial score (nSPS) is 20.4. The highest BCUT2D eigenvalue weighted by Gasteiger charge is 2.25. The van der Waals surface area contributed by atoms with Crippen LogP contribution in [-0.2, 0) is 4.79 Å². The molecule has 0 spiro atoms. The van der Waals surface area contributed by atoms with Gasteiger partial charge in [0.1, 0.15) is 5.82 Å². The average Bonchev–Trinajstić information content (AvgIpc) is 2.76. The van der Waals surface area contributed by atoms with Crippen LogP contribution in [-0.4, -0.2) is 36.1 Å². The molecule has 1 saturated heterocycles. The SMILES string of the molecule is CC(N)CC(=O)NC1CCN(c2ncccc2Cl)C1. The van der Waals surface area contributed by atoms with Gasteiger partial charge in [-0.1, -0.05) is 11.6 Å². The lowest BCUT2D eigenvalue weighted by Crippen LogP contribution is -2.39. The van der Waals surface area contributed by atoms with E-state index in [4.69, 9.17) is 17.3 Å². The van der Waals surface area contributed by atoms with Crippen molar-refractivity contribution in [1.29, 1.82) is 0 Å². The van der Waals surface area contributed by atoms with Crippen molar-refractivity contribution in [2.45, 2.75) is 31.8 Å². The summed E-state index contributed by atoms with van der Waals surface area (Å²) in [5.74, 6) is 0.794. The van der Waals surface area contributed by atoms with Crippen molar-refractivity contribution < 1.29 is 4.79 Å². The molecule has 2 heterocycles. The number of carbonyl (C=O) groups excluding carboxylic acids is 1. The number of halogens is 1. The van der Waals surface area contributed by atoms with Gasteiger partial charge in [-0.2, -0.15) is 0 Å². The van der Waals surface area contributed by atoms with E-state index >= 15 is 0 Å². The third-order valence-electron chi connectivity index (χ3n) is 3.10. The van der Waals surface area contributed by atoms with Crippen LogP contribution in [0.5, 0.6) is 0 Å². The third-order valence-corrected chi connectivity index (χ3v) is 3.39. The van der Waals surface area contributed by atoms with Crippen LogP contribution in [0.2, 0.25) is 5.02 Å². The van der Waals surface area contributed by atoms with Gasteiger partial charge in [-0.3, -0.25) is 4.79 Å². The quantitative estimate of drug-likeness (QED) is 0.870. The molecule has 1 aromatic rings. The van der Waals surface area contributed by atoms with E-state index in [0.717, 1.165) is 25.3 Å². The molecule has 1 aliphatic heterocycles. The van der Waals surface area contributed by atoms with Gasteiger partial charge < -0.3 is 16.0 Å². The Labute approximate surface area is 118 Å². The Balaban J connectivity index is 1.90. The van der Waals surface area contributed by atoms with E-state index in [9.17, 15) is 4.79 Å². The van der Waals surface area contributed by atoms with E-state index in [1.54, 1.807) is 6.20 Å². The van der Waals surface area contributed by atoms with Gasteiger partial charge in [0.05, 0.1) is 5.02 Å². The van der Waals surface area contributed by atoms with Crippen LogP contribution in [0.25, 0.3) is 0 Å². The number of rotatable bonds is 4. The van der Waals surface area contributed by atoms with Gasteiger partial charge in [-0.25, -0.2) is 4.98 Å². The molecule has 2 atom stereocenters. The van der Waals surface area contributed by atoms with Crippen molar-refractivity contribution in [3.05, 3.63) is 23.4 Å². The predicted octanol–water partition coefficient (Wildman–Crippen LogP) is 1.17. The van der Waals surface area contributed by atoms with Gasteiger partial charge in [0.25, 0.3) is 0 Å². The third kappa shape index (κ3) is 3.81. The first kappa shape index (κ1) is 14.1. The lowest BCUT2D eigenvalue weighted by molar-refractivity contribution is -0.121. The van der Waals surface area contributed by atoms with Gasteiger partial charge in [0.15, 0.2) is 0 Å². The molecule has 2 rings (SSSR count). The fourth-order valence-corrected chi connectivity index (χ4v) is 2.50. The van der Waals surface area contributed by atoms with E-state index in [0.29, 0.717) is 11.4 Å². The number of aromatic nitrogens is 1. The van der Waals surface area contributed by atoms with Crippen molar-refractivity contribution in [3.63, 3.8) is 0 Å². The van der Waals surface area contributed by atoms with E-state index in [-0.39, 0.29) is 18.0 Å². The van der Waals surface area contributed by atoms with E-state index in [2.05, 4.69) is 15.2 Å². The minimum absolute atomic E-state index is 0.00830. The van der Waals surface area contributed by atoms with E-state index < -0.39 is 0 Å². The molecule has 6 heteroatoms. The summed E-state index contributed by atoms with van der Waals surface area (Å²) in [7, 11) is 0. The number of hydrogen-bond donors (Lipinski definition) is 2. The Morgan fingerprint density at radius 3 is 3.21 bits per heavy atom. The zero-order valence-corrected chi connectivity index (χ0v) is 11.7. The summed E-state index contributed by atoms with van der Waals surface area (Å²) < 4.78 is 0. The number of nitrogens with one attached hydrogen (secondary N) is 1. The smallest absolute Gasteiger partial charge is 0.221 e. The molecular formula is C13H19ClN4O. The molecule has 104 valence electrons. The minimum atomic E-state index is -0.109. The number of hydrogen-bond acceptors (Lipinski definition) is 4. The molecule has 0 aromatic carbocycles. The Morgan fingerprint density at radius 2 is 2.53 bits per heavy atom. The van der Waals surface area contributed by atoms with Gasteiger partial charge in [-0.15, -0.1) is 0 Å². The van der Waals surface area contributed by atoms with Gasteiger partial charge >= 0.3 is 0 Å². The molecule has 0 radical (unpaired) electrons. The molecule has 0 saturated carbocycles. The maximum atomic E-state index is 11.7. The molecule has 5 nitrogen and oxygen atoms in total. The van der Waals surface area contributed by atoms with Crippen LogP contribution in [0.4, 0.5) is 5.82 Å². The Hall–Kier alpha value is -1.33. The molecular weight excluding hydrogens is 264 g/mol. The largest absolute Gasteiger partial charge is 0.353 e. The van der Waals surface area contributed by atoms with Crippen LogP contribution >= 0.6 is 11.6 Å². The van der Waals surface area contributed by atoms with E-state index in [1.165, 1.54) is 0 Å². The summed E-state index contributed by atoms with van der Waals surface area (Å²) >= 11 is 6.12. The predicted molar refractivity (Wildman–Crippen MR) is 76.3 cm³/mol. The molecule has 19 heavy (non-hydrogen) atoms. The first-order valence-electron chi connectivity index (χ1n) is 6.46. The summed E-state index contributed by atoms with van der Waals surface area (Å²) in [4.78, 5) is 18.0. The zero-order chi connectivity index (χ0) is 13.8. The highest BCUT2D eigenvalue weighted by Crippen LogP contribution is 2.25. The van der Waals surface area contributed by atoms with Crippen molar-refractivity contribution in [2.24, 2.45) is 5.73 Å². The van der Waals surface area contributed by atoms with Crippen LogP contribution in [0, 0.1) is 0 Å². The summed E-state index contributed by atoms with van der Waals surface area (Å²) in [6, 6.07) is 3.67. The molecule has 1 amide bonds. The van der Waals surface area contributed by atoms with Crippen LogP contribution in [0.15, 0.2) is 18.3 Å². The van der Waals surface area contributed by atoms with Crippen LogP contribution in [0.1, 0.15) is 19.8 Å². The monoisotopic (exact) mass is 282 g/mol. The maximum absolute atomic E-state index is 11.7. The van der Waals surface area contributed by atoms with Crippen LogP contribution in [0.3, 0.4) is 0 Å². The molecule has 2 unspecified atom stereocenters. The number of amides is 1. The summed E-state index contributed by atoms with van der Waals surface area (Å²) in [6.07, 6.45) is 2.99. The standard InChI is InChI=1S/C13H19ClN4O/c1-9(15)7-12(19)17-10-4-6-18(8-10)13-11(14)3-2-5-16-13/h2-3,5,9-10H,4,6-8,15H2,1H3,(H,17,19). The van der Waals surface area contributed by atoms with Gasteiger partial charge in [0, 0.05) is 37.8 Å². The van der Waals surface area contributed by atoms with Crippen molar-refractivity contribution in [2.75, 3.05) is 18.0 Å². The fraction of sp³-hybridized carbons (Fsp3) is 0.538. The number of carbonyl (C=O) groups is 1. The maximum Gasteiger partial charge on any atom is 0.221 e. The second-order valence-corrected chi connectivity index (χ2v) is 5.40. The zero-order valence-electron chi connectivity index (χ0n) is 11.0. The molecule has 1 aromatic heterocycles. The second-order valence-electron chi connectivity index (χ2n) is 4.99. The van der Waals surface area contributed by atoms with Crippen molar-refractivity contribution >= 4 is 23.3 Å². The van der Waals surface area contributed by atoms with Crippen molar-refractivity contribution in [3.8, 4) is 0 Å². The van der Waals surface area contributed by atoms with Crippen LogP contribution < -0.4 is 16.0 Å². The topological polar surface area (TPSA) is 71.2 Å². The minimum Gasteiger partial charge on any atom is -0.353 e. The molecule has 3 N–H and O–H groups in total. The lowest BCUT2D eigenvalue weighted by Gasteiger charge is -2.19. The number of nitrogens with zero attached hydrogens (tertiary/aromatic N) is 2. The second kappa shape index (κ2) is 6.21. The molecule has 0 aliphatic carbocycles. The van der Waals surface area contributed by atoms with Gasteiger partial charge in [-0.05, 0) is 25.5 Å². The number of anilines is 1. The first-order chi connectivity index (χ1) is 9.06. The van der Waals surface area contributed by atoms with E-state index in [1.807, 2.05) is 19.1 Å². The fourth-order valence-electron chi connectivity index (χ4n) is 2.26. The summed E-state index contributed by atoms with van der Waals surface area (Å²) in [5.41, 5.74) is 5.61. The molecule has 1 fully saturated rings. The highest BCUT2D eigenvalue weighted by atomic mass is 35.5. The lowest BCUT2D eigenvalue weighted by atomic mass is 10.2. The molecule has 1 aliphatic rings. The number of nitrogens with two attached hydrogens (primary N) is 1. The highest BCUT2D eigenvalue weighted by molar-refractivity contribution is 6.32. The Kier molecular flexibility index (Phi) is 4.61.